The van der Waals surface area contributed by atoms with Gasteiger partial charge in [-0.25, -0.2) is 5.01 Å². The molecular formula is C20H22N4O2. The van der Waals surface area contributed by atoms with Crippen LogP contribution in [-0.2, 0) is 0 Å². The molecule has 0 saturated carbocycles. The number of nitrogens with zero attached hydrogens (tertiary/aromatic N) is 3. The summed E-state index contributed by atoms with van der Waals surface area (Å²) in [7, 11) is 0. The van der Waals surface area contributed by atoms with Crippen LogP contribution < -0.4 is 5.32 Å². The van der Waals surface area contributed by atoms with Crippen molar-refractivity contribution in [1.82, 2.24) is 15.3 Å². The zero-order chi connectivity index (χ0) is 17.9. The van der Waals surface area contributed by atoms with Gasteiger partial charge in [-0.3, -0.25) is 9.79 Å². The largest absolute Gasteiger partial charge is 0.472 e. The van der Waals surface area contributed by atoms with Crippen molar-refractivity contribution in [1.29, 1.82) is 0 Å². The lowest BCUT2D eigenvalue weighted by Crippen LogP contribution is -2.54. The second kappa shape index (κ2) is 7.27. The first-order chi connectivity index (χ1) is 12.7. The normalized spacial score (nSPS) is 23.3. The van der Waals surface area contributed by atoms with Crippen LogP contribution >= 0.6 is 0 Å². The Hall–Kier alpha value is -2.70. The second-order valence-electron chi connectivity index (χ2n) is 6.56. The monoisotopic (exact) mass is 350 g/mol. The minimum absolute atomic E-state index is 0.0848. The molecule has 26 heavy (non-hydrogen) atoms. The van der Waals surface area contributed by atoms with Gasteiger partial charge in [-0.15, -0.1) is 0 Å². The Morgan fingerprint density at radius 1 is 1.15 bits per heavy atom. The third-order valence-electron chi connectivity index (χ3n) is 4.94. The maximum Gasteiger partial charge on any atom is 0.159 e. The van der Waals surface area contributed by atoms with E-state index >= 15 is 0 Å². The number of hydrazine groups is 1. The van der Waals surface area contributed by atoms with Crippen LogP contribution in [0.2, 0.25) is 0 Å². The lowest BCUT2D eigenvalue weighted by atomic mass is 9.97. The fourth-order valence-corrected chi connectivity index (χ4v) is 3.60. The van der Waals surface area contributed by atoms with Crippen LogP contribution in [0, 0.1) is 0 Å². The number of rotatable bonds is 4. The van der Waals surface area contributed by atoms with Gasteiger partial charge >= 0.3 is 0 Å². The van der Waals surface area contributed by atoms with Crippen LogP contribution in [0.15, 0.2) is 64.7 Å². The number of carbonyl (C=O) groups is 1. The fraction of sp³-hybridized carbons (Fsp3) is 0.300. The predicted molar refractivity (Wildman–Crippen MR) is 99.7 cm³/mol. The molecule has 0 aliphatic carbocycles. The van der Waals surface area contributed by atoms with Crippen molar-refractivity contribution >= 4 is 12.0 Å². The molecule has 1 aromatic heterocycles. The van der Waals surface area contributed by atoms with Crippen LogP contribution in [0.25, 0.3) is 0 Å². The minimum Gasteiger partial charge on any atom is -0.472 e. The van der Waals surface area contributed by atoms with E-state index in [-0.39, 0.29) is 17.9 Å². The first-order valence-electron chi connectivity index (χ1n) is 8.81. The van der Waals surface area contributed by atoms with E-state index in [4.69, 9.17) is 4.42 Å². The highest BCUT2D eigenvalue weighted by Gasteiger charge is 2.36. The molecule has 0 amide bonds. The molecule has 6 nitrogen and oxygen atoms in total. The first kappa shape index (κ1) is 16.8. The number of hydrogen-bond acceptors (Lipinski definition) is 6. The van der Waals surface area contributed by atoms with Crippen LogP contribution in [0.3, 0.4) is 0 Å². The Morgan fingerprint density at radius 2 is 1.92 bits per heavy atom. The van der Waals surface area contributed by atoms with Crippen LogP contribution in [0.1, 0.15) is 40.5 Å². The van der Waals surface area contributed by atoms with Crippen LogP contribution in [0.5, 0.6) is 0 Å². The van der Waals surface area contributed by atoms with Gasteiger partial charge in [-0.05, 0) is 18.6 Å². The third-order valence-corrected chi connectivity index (χ3v) is 4.94. The van der Waals surface area contributed by atoms with Crippen LogP contribution in [0.4, 0.5) is 0 Å². The van der Waals surface area contributed by atoms with Crippen molar-refractivity contribution in [2.75, 3.05) is 19.6 Å². The first-order valence-corrected chi connectivity index (χ1v) is 8.81. The van der Waals surface area contributed by atoms with Gasteiger partial charge in [0, 0.05) is 42.8 Å². The van der Waals surface area contributed by atoms with E-state index in [1.807, 2.05) is 43.1 Å². The van der Waals surface area contributed by atoms with Gasteiger partial charge < -0.3 is 14.7 Å². The summed E-state index contributed by atoms with van der Waals surface area (Å²) < 4.78 is 5.33. The summed E-state index contributed by atoms with van der Waals surface area (Å²) in [4.78, 5) is 15.8. The summed E-state index contributed by atoms with van der Waals surface area (Å²) in [5.41, 5.74) is 3.05. The number of Topliss-reactive ketones (excluding diaryl/α,β-unsaturated/α-hetero) is 1. The number of nitrogens with one attached hydrogen (secondary N) is 1. The standard InChI is InChI=1S/C20H22N4O2/c1-15(25)16-2-4-17(5-3-16)19-12-22-13-20(18-6-11-26-14-18)24(19)23-9-7-21-8-10-23/h2-9,11,14,19-20,22H,10,12-13H2,1H3. The van der Waals surface area contributed by atoms with Gasteiger partial charge in [-0.2, -0.15) is 0 Å². The molecule has 0 spiro atoms. The summed E-state index contributed by atoms with van der Waals surface area (Å²) in [5, 5.41) is 8.13. The van der Waals surface area contributed by atoms with Gasteiger partial charge in [0.2, 0.25) is 0 Å². The van der Waals surface area contributed by atoms with Crippen molar-refractivity contribution < 1.29 is 9.21 Å². The van der Waals surface area contributed by atoms with Crippen molar-refractivity contribution in [3.63, 3.8) is 0 Å². The van der Waals surface area contributed by atoms with Gasteiger partial charge in [-0.1, -0.05) is 24.3 Å². The maximum absolute atomic E-state index is 11.6. The molecule has 2 aliphatic heterocycles. The summed E-state index contributed by atoms with van der Waals surface area (Å²) in [5.74, 6) is 0.0848. The van der Waals surface area contributed by atoms with E-state index < -0.39 is 0 Å². The van der Waals surface area contributed by atoms with Crippen molar-refractivity contribution in [3.8, 4) is 0 Å². The van der Waals surface area contributed by atoms with E-state index in [0.29, 0.717) is 0 Å². The molecule has 3 heterocycles. The summed E-state index contributed by atoms with van der Waals surface area (Å²) in [6.07, 6.45) is 9.25. The Kier molecular flexibility index (Phi) is 4.69. The number of aliphatic imine (C=N–C) groups is 1. The zero-order valence-corrected chi connectivity index (χ0v) is 14.7. The average Bonchev–Trinajstić information content (AvgIpc) is 3.23. The van der Waals surface area contributed by atoms with Gasteiger partial charge in [0.05, 0.1) is 31.2 Å². The van der Waals surface area contributed by atoms with E-state index in [1.165, 1.54) is 5.56 Å². The number of benzene rings is 1. The van der Waals surface area contributed by atoms with E-state index in [2.05, 4.69) is 32.5 Å². The van der Waals surface area contributed by atoms with Gasteiger partial charge in [0.25, 0.3) is 0 Å². The Bertz CT molecular complexity index is 811. The molecule has 4 rings (SSSR count). The smallest absolute Gasteiger partial charge is 0.159 e. The predicted octanol–water partition coefficient (Wildman–Crippen LogP) is 2.94. The molecule has 1 aromatic carbocycles. The molecular weight excluding hydrogens is 328 g/mol. The molecule has 2 aliphatic rings. The second-order valence-corrected chi connectivity index (χ2v) is 6.56. The molecule has 2 aromatic rings. The number of carbonyl (C=O) groups excluding carboxylic acids is 1. The van der Waals surface area contributed by atoms with E-state index in [0.717, 1.165) is 30.8 Å². The van der Waals surface area contributed by atoms with E-state index in [9.17, 15) is 4.79 Å². The lowest BCUT2D eigenvalue weighted by Gasteiger charge is -2.48. The number of furan rings is 1. The van der Waals surface area contributed by atoms with Crippen molar-refractivity contribution in [2.24, 2.45) is 4.99 Å². The lowest BCUT2D eigenvalue weighted by molar-refractivity contribution is -0.0699. The highest BCUT2D eigenvalue weighted by Crippen LogP contribution is 2.35. The van der Waals surface area contributed by atoms with Gasteiger partial charge in [0.1, 0.15) is 0 Å². The van der Waals surface area contributed by atoms with Crippen molar-refractivity contribution in [2.45, 2.75) is 19.0 Å². The minimum atomic E-state index is 0.0848. The quantitative estimate of drug-likeness (QED) is 0.859. The maximum atomic E-state index is 11.6. The molecule has 0 radical (unpaired) electrons. The SMILES string of the molecule is CC(=O)c1ccc(C2CNCC(c3ccoc3)N2N2C=CN=CC2)cc1. The average molecular weight is 350 g/mol. The molecule has 2 atom stereocenters. The summed E-state index contributed by atoms with van der Waals surface area (Å²) in [6, 6.07) is 10.2. The molecule has 6 heteroatoms. The molecule has 1 fully saturated rings. The van der Waals surface area contributed by atoms with E-state index in [1.54, 1.807) is 13.2 Å². The Morgan fingerprint density at radius 3 is 2.54 bits per heavy atom. The highest BCUT2D eigenvalue weighted by atomic mass is 16.3. The topological polar surface area (TPSA) is 61.1 Å². The Balaban J connectivity index is 1.69. The summed E-state index contributed by atoms with van der Waals surface area (Å²) >= 11 is 0. The fourth-order valence-electron chi connectivity index (χ4n) is 3.60. The molecule has 134 valence electrons. The Labute approximate surface area is 152 Å². The van der Waals surface area contributed by atoms with Crippen molar-refractivity contribution in [3.05, 3.63) is 71.9 Å². The molecule has 2 unspecified atom stereocenters. The van der Waals surface area contributed by atoms with Gasteiger partial charge in [0.15, 0.2) is 5.78 Å². The third kappa shape index (κ3) is 3.21. The molecule has 1 N–H and O–H groups in total. The number of hydrogen-bond donors (Lipinski definition) is 1. The number of piperazine rings is 1. The molecule has 0 bridgehead atoms. The molecule has 1 saturated heterocycles. The van der Waals surface area contributed by atoms with Crippen LogP contribution in [-0.4, -0.2) is 41.6 Å². The zero-order valence-electron chi connectivity index (χ0n) is 14.7. The highest BCUT2D eigenvalue weighted by molar-refractivity contribution is 5.94. The summed E-state index contributed by atoms with van der Waals surface area (Å²) in [6.45, 7) is 3.99. The number of ketones is 1.